The van der Waals surface area contributed by atoms with Gasteiger partial charge in [-0.15, -0.1) is 0 Å². The van der Waals surface area contributed by atoms with Gasteiger partial charge < -0.3 is 10.4 Å². The van der Waals surface area contributed by atoms with Crippen molar-refractivity contribution in [2.24, 2.45) is 0 Å². The molecule has 0 bridgehead atoms. The van der Waals surface area contributed by atoms with E-state index in [0.717, 1.165) is 31.5 Å². The lowest BCUT2D eigenvalue weighted by Gasteiger charge is -2.24. The van der Waals surface area contributed by atoms with Crippen LogP contribution in [0.25, 0.3) is 0 Å². The Kier molecular flexibility index (Phi) is 3.49. The number of hydrogen-bond acceptors (Lipinski definition) is 2. The summed E-state index contributed by atoms with van der Waals surface area (Å²) < 4.78 is 0. The Balaban J connectivity index is 2.21. The van der Waals surface area contributed by atoms with Crippen molar-refractivity contribution in [1.82, 2.24) is 5.32 Å². The van der Waals surface area contributed by atoms with E-state index in [1.165, 1.54) is 5.56 Å². The van der Waals surface area contributed by atoms with E-state index in [-0.39, 0.29) is 0 Å². The molecule has 2 N–H and O–H groups in total. The van der Waals surface area contributed by atoms with Crippen molar-refractivity contribution in [1.29, 1.82) is 0 Å². The van der Waals surface area contributed by atoms with Crippen LogP contribution < -0.4 is 5.32 Å². The Morgan fingerprint density at radius 2 is 1.94 bits per heavy atom. The molecule has 0 radical (unpaired) electrons. The first-order chi connectivity index (χ1) is 7.68. The second-order valence-electron chi connectivity index (χ2n) is 5.00. The Morgan fingerprint density at radius 3 is 2.50 bits per heavy atom. The smallest absolute Gasteiger partial charge is 0.119 e. The quantitative estimate of drug-likeness (QED) is 0.801. The lowest BCUT2D eigenvalue weighted by atomic mass is 9.88. The fraction of sp³-hybridized carbons (Fsp3) is 0.571. The Bertz CT molecular complexity index is 354. The molecule has 16 heavy (non-hydrogen) atoms. The molecule has 0 atom stereocenters. The minimum Gasteiger partial charge on any atom is -0.508 e. The lowest BCUT2D eigenvalue weighted by Crippen LogP contribution is -2.26. The highest BCUT2D eigenvalue weighted by Gasteiger charge is 2.18. The van der Waals surface area contributed by atoms with E-state index in [2.05, 4.69) is 31.3 Å². The molecule has 0 unspecified atom stereocenters. The van der Waals surface area contributed by atoms with Crippen LogP contribution in [0.5, 0.6) is 5.75 Å². The number of hydrogen-bond donors (Lipinski definition) is 2. The molecule has 2 rings (SSSR count). The van der Waals surface area contributed by atoms with Gasteiger partial charge in [-0.05, 0) is 55.0 Å². The van der Waals surface area contributed by atoms with Crippen LogP contribution in [0, 0.1) is 0 Å². The monoisotopic (exact) mass is 219 g/mol. The van der Waals surface area contributed by atoms with Crippen molar-refractivity contribution in [2.75, 3.05) is 13.1 Å². The topological polar surface area (TPSA) is 32.3 Å². The predicted octanol–water partition coefficient (Wildman–Crippen LogP) is 2.98. The van der Waals surface area contributed by atoms with Crippen LogP contribution in [0.1, 0.15) is 49.7 Å². The second-order valence-corrected chi connectivity index (χ2v) is 5.00. The molecule has 2 nitrogen and oxygen atoms in total. The zero-order chi connectivity index (χ0) is 11.5. The van der Waals surface area contributed by atoms with Crippen LogP contribution in [-0.4, -0.2) is 18.2 Å². The van der Waals surface area contributed by atoms with Gasteiger partial charge in [-0.25, -0.2) is 0 Å². The molecular weight excluding hydrogens is 198 g/mol. The van der Waals surface area contributed by atoms with Crippen molar-refractivity contribution in [3.63, 3.8) is 0 Å². The fourth-order valence-electron chi connectivity index (χ4n) is 2.40. The van der Waals surface area contributed by atoms with Gasteiger partial charge in [0.25, 0.3) is 0 Å². The zero-order valence-electron chi connectivity index (χ0n) is 10.2. The average molecular weight is 219 g/mol. The van der Waals surface area contributed by atoms with Gasteiger partial charge in [0.2, 0.25) is 0 Å². The number of piperidine rings is 1. The number of phenols is 1. The molecule has 0 saturated carbocycles. The number of rotatable bonds is 2. The molecule has 0 aliphatic carbocycles. The highest BCUT2D eigenvalue weighted by atomic mass is 16.3. The van der Waals surface area contributed by atoms with Crippen LogP contribution in [0.2, 0.25) is 0 Å². The van der Waals surface area contributed by atoms with Crippen molar-refractivity contribution in [3.8, 4) is 5.75 Å². The van der Waals surface area contributed by atoms with Gasteiger partial charge in [0.05, 0.1) is 0 Å². The van der Waals surface area contributed by atoms with Crippen molar-refractivity contribution in [3.05, 3.63) is 29.3 Å². The third kappa shape index (κ3) is 2.38. The van der Waals surface area contributed by atoms with E-state index >= 15 is 0 Å². The average Bonchev–Trinajstić information content (AvgIpc) is 2.30. The van der Waals surface area contributed by atoms with Crippen molar-refractivity contribution >= 4 is 0 Å². The van der Waals surface area contributed by atoms with Gasteiger partial charge in [0, 0.05) is 0 Å². The molecular formula is C14H21NO. The molecule has 1 aliphatic heterocycles. The van der Waals surface area contributed by atoms with Crippen LogP contribution in [0.15, 0.2) is 18.2 Å². The first-order valence-electron chi connectivity index (χ1n) is 6.22. The zero-order valence-corrected chi connectivity index (χ0v) is 10.2. The van der Waals surface area contributed by atoms with Crippen LogP contribution in [-0.2, 0) is 0 Å². The lowest BCUT2D eigenvalue weighted by molar-refractivity contribution is 0.424. The summed E-state index contributed by atoms with van der Waals surface area (Å²) in [7, 11) is 0. The molecule has 1 aromatic rings. The summed E-state index contributed by atoms with van der Waals surface area (Å²) in [5.74, 6) is 1.49. The predicted molar refractivity (Wildman–Crippen MR) is 67.0 cm³/mol. The maximum Gasteiger partial charge on any atom is 0.119 e. The molecule has 0 amide bonds. The maximum absolute atomic E-state index is 10.1. The standard InChI is InChI=1S/C14H21NO/c1-10(2)12-3-4-13(14(16)9-12)11-5-7-15-8-6-11/h3-4,9-11,15-16H,5-8H2,1-2H3. The van der Waals surface area contributed by atoms with Crippen LogP contribution in [0.4, 0.5) is 0 Å². The van der Waals surface area contributed by atoms with Crippen LogP contribution in [0.3, 0.4) is 0 Å². The Labute approximate surface area is 97.7 Å². The molecule has 0 spiro atoms. The number of benzene rings is 1. The Morgan fingerprint density at radius 1 is 1.25 bits per heavy atom. The largest absolute Gasteiger partial charge is 0.508 e. The normalized spacial score (nSPS) is 17.9. The number of aromatic hydroxyl groups is 1. The van der Waals surface area contributed by atoms with Crippen molar-refractivity contribution in [2.45, 2.75) is 38.5 Å². The minimum atomic E-state index is 0.480. The SMILES string of the molecule is CC(C)c1ccc(C2CCNCC2)c(O)c1. The summed E-state index contributed by atoms with van der Waals surface area (Å²) in [6.45, 7) is 6.43. The van der Waals surface area contributed by atoms with E-state index in [1.54, 1.807) is 0 Å². The van der Waals surface area contributed by atoms with Crippen molar-refractivity contribution < 1.29 is 5.11 Å². The van der Waals surface area contributed by atoms with Gasteiger partial charge in [0.15, 0.2) is 0 Å². The van der Waals surface area contributed by atoms with Crippen LogP contribution >= 0.6 is 0 Å². The van der Waals surface area contributed by atoms with Gasteiger partial charge >= 0.3 is 0 Å². The van der Waals surface area contributed by atoms with E-state index in [1.807, 2.05) is 6.07 Å². The molecule has 1 fully saturated rings. The summed E-state index contributed by atoms with van der Waals surface area (Å²) in [6.07, 6.45) is 2.27. The van der Waals surface area contributed by atoms with E-state index in [9.17, 15) is 5.11 Å². The van der Waals surface area contributed by atoms with Gasteiger partial charge in [-0.3, -0.25) is 0 Å². The molecule has 1 saturated heterocycles. The summed E-state index contributed by atoms with van der Waals surface area (Å²) in [5.41, 5.74) is 2.35. The molecule has 0 aromatic heterocycles. The molecule has 1 heterocycles. The summed E-state index contributed by atoms with van der Waals surface area (Å²) >= 11 is 0. The molecule has 1 aliphatic rings. The molecule has 88 valence electrons. The molecule has 2 heteroatoms. The summed E-state index contributed by atoms with van der Waals surface area (Å²) in [4.78, 5) is 0. The first-order valence-corrected chi connectivity index (χ1v) is 6.22. The summed E-state index contributed by atoms with van der Waals surface area (Å²) in [5, 5.41) is 13.4. The van der Waals surface area contributed by atoms with E-state index in [0.29, 0.717) is 17.6 Å². The number of phenolic OH excluding ortho intramolecular Hbond substituents is 1. The highest BCUT2D eigenvalue weighted by Crippen LogP contribution is 2.33. The van der Waals surface area contributed by atoms with Gasteiger partial charge in [0.1, 0.15) is 5.75 Å². The summed E-state index contributed by atoms with van der Waals surface area (Å²) in [6, 6.07) is 6.20. The number of nitrogens with one attached hydrogen (secondary N) is 1. The Hall–Kier alpha value is -1.02. The third-order valence-electron chi connectivity index (χ3n) is 3.50. The third-order valence-corrected chi connectivity index (χ3v) is 3.50. The van der Waals surface area contributed by atoms with E-state index in [4.69, 9.17) is 0 Å². The maximum atomic E-state index is 10.1. The minimum absolute atomic E-state index is 0.480. The highest BCUT2D eigenvalue weighted by molar-refractivity contribution is 5.40. The second kappa shape index (κ2) is 4.88. The van der Waals surface area contributed by atoms with Gasteiger partial charge in [-0.2, -0.15) is 0 Å². The first kappa shape index (κ1) is 11.5. The molecule has 1 aromatic carbocycles. The van der Waals surface area contributed by atoms with Gasteiger partial charge in [-0.1, -0.05) is 26.0 Å². The van der Waals surface area contributed by atoms with E-state index < -0.39 is 0 Å². The fourth-order valence-corrected chi connectivity index (χ4v) is 2.40.